The number of halogens is 2. The van der Waals surface area contributed by atoms with E-state index in [0.717, 1.165) is 24.5 Å². The number of aryl methyl sites for hydroxylation is 2. The van der Waals surface area contributed by atoms with Crippen LogP contribution >= 0.6 is 24.0 Å². The predicted octanol–water partition coefficient (Wildman–Crippen LogP) is 2.39. The van der Waals surface area contributed by atoms with E-state index in [1.165, 1.54) is 11.6 Å². The van der Waals surface area contributed by atoms with Crippen LogP contribution in [0.5, 0.6) is 0 Å². The average molecular weight is 431 g/mol. The van der Waals surface area contributed by atoms with Crippen LogP contribution < -0.4 is 10.6 Å². The van der Waals surface area contributed by atoms with E-state index in [2.05, 4.69) is 20.7 Å². The van der Waals surface area contributed by atoms with Crippen LogP contribution in [-0.4, -0.2) is 29.3 Å². The third kappa shape index (κ3) is 6.17. The van der Waals surface area contributed by atoms with Crippen LogP contribution in [0.2, 0.25) is 0 Å². The van der Waals surface area contributed by atoms with Gasteiger partial charge in [-0.25, -0.2) is 4.39 Å². The largest absolute Gasteiger partial charge is 0.356 e. The molecule has 0 radical (unpaired) electrons. The van der Waals surface area contributed by atoms with Gasteiger partial charge < -0.3 is 10.6 Å². The molecule has 1 heterocycles. The molecule has 0 unspecified atom stereocenters. The molecule has 0 bridgehead atoms. The summed E-state index contributed by atoms with van der Waals surface area (Å²) in [4.78, 5) is 4.18. The summed E-state index contributed by atoms with van der Waals surface area (Å²) in [7, 11) is 3.64. The van der Waals surface area contributed by atoms with E-state index in [0.29, 0.717) is 12.1 Å². The maximum absolute atomic E-state index is 13.2. The minimum atomic E-state index is -0.178. The molecule has 0 fully saturated rings. The number of benzene rings is 1. The lowest BCUT2D eigenvalue weighted by Gasteiger charge is -2.12. The van der Waals surface area contributed by atoms with Crippen LogP contribution in [0.4, 0.5) is 4.39 Å². The quantitative estimate of drug-likeness (QED) is 0.435. The molecule has 1 aromatic carbocycles. The van der Waals surface area contributed by atoms with Crippen LogP contribution in [-0.2, 0) is 20.0 Å². The summed E-state index contributed by atoms with van der Waals surface area (Å²) in [6.45, 7) is 3.14. The molecule has 0 aliphatic rings. The van der Waals surface area contributed by atoms with Crippen molar-refractivity contribution < 1.29 is 4.39 Å². The lowest BCUT2D eigenvalue weighted by atomic mass is 10.1. The molecule has 1 aromatic heterocycles. The second-order valence-electron chi connectivity index (χ2n) is 5.21. The molecule has 0 saturated heterocycles. The SMILES string of the molecule is CN=C(NCCc1cnn(C)c1)NCc1ccc(F)c(C)c1.I. The maximum atomic E-state index is 13.2. The first-order chi connectivity index (χ1) is 10.6. The van der Waals surface area contributed by atoms with E-state index in [9.17, 15) is 4.39 Å². The summed E-state index contributed by atoms with van der Waals surface area (Å²) >= 11 is 0. The molecule has 0 aliphatic carbocycles. The fourth-order valence-electron chi connectivity index (χ4n) is 2.15. The Morgan fingerprint density at radius 1 is 1.30 bits per heavy atom. The van der Waals surface area contributed by atoms with Gasteiger partial charge in [0.2, 0.25) is 0 Å². The van der Waals surface area contributed by atoms with Crippen molar-refractivity contribution in [2.45, 2.75) is 19.9 Å². The zero-order chi connectivity index (χ0) is 15.9. The standard InChI is InChI=1S/C16H22FN5.HI/c1-12-8-13(4-5-15(12)17)9-20-16(18-2)19-7-6-14-10-21-22(3)11-14;/h4-5,8,10-11H,6-7,9H2,1-3H3,(H2,18,19,20);1H. The summed E-state index contributed by atoms with van der Waals surface area (Å²) in [5.41, 5.74) is 2.85. The van der Waals surface area contributed by atoms with Gasteiger partial charge in [0.15, 0.2) is 5.96 Å². The predicted molar refractivity (Wildman–Crippen MR) is 102 cm³/mol. The number of rotatable bonds is 5. The molecule has 0 aliphatic heterocycles. The van der Waals surface area contributed by atoms with E-state index in [-0.39, 0.29) is 29.8 Å². The van der Waals surface area contributed by atoms with E-state index >= 15 is 0 Å². The fraction of sp³-hybridized carbons (Fsp3) is 0.375. The topological polar surface area (TPSA) is 54.2 Å². The molecule has 23 heavy (non-hydrogen) atoms. The molecule has 0 spiro atoms. The van der Waals surface area contributed by atoms with Crippen LogP contribution in [0.25, 0.3) is 0 Å². The van der Waals surface area contributed by atoms with Crippen molar-refractivity contribution in [3.8, 4) is 0 Å². The number of hydrogen-bond donors (Lipinski definition) is 2. The lowest BCUT2D eigenvalue weighted by Crippen LogP contribution is -2.37. The Balaban J connectivity index is 0.00000264. The van der Waals surface area contributed by atoms with Gasteiger partial charge in [0.1, 0.15) is 5.82 Å². The van der Waals surface area contributed by atoms with Gasteiger partial charge in [-0.2, -0.15) is 5.10 Å². The number of nitrogens with one attached hydrogen (secondary N) is 2. The highest BCUT2D eigenvalue weighted by atomic mass is 127. The third-order valence-corrected chi connectivity index (χ3v) is 3.37. The molecule has 0 amide bonds. The summed E-state index contributed by atoms with van der Waals surface area (Å²) in [6, 6.07) is 5.11. The molecule has 2 N–H and O–H groups in total. The molecule has 0 atom stereocenters. The van der Waals surface area contributed by atoms with Crippen molar-refractivity contribution in [3.05, 3.63) is 53.1 Å². The summed E-state index contributed by atoms with van der Waals surface area (Å²) < 4.78 is 15.0. The molecular weight excluding hydrogens is 408 g/mol. The molecule has 7 heteroatoms. The van der Waals surface area contributed by atoms with Crippen molar-refractivity contribution in [1.82, 2.24) is 20.4 Å². The van der Waals surface area contributed by atoms with Crippen LogP contribution in [0, 0.1) is 12.7 Å². The van der Waals surface area contributed by atoms with E-state index < -0.39 is 0 Å². The highest BCUT2D eigenvalue weighted by Crippen LogP contribution is 2.08. The second-order valence-corrected chi connectivity index (χ2v) is 5.21. The molecule has 2 rings (SSSR count). The van der Waals surface area contributed by atoms with Gasteiger partial charge in [-0.3, -0.25) is 9.67 Å². The van der Waals surface area contributed by atoms with Crippen molar-refractivity contribution in [2.24, 2.45) is 12.0 Å². The average Bonchev–Trinajstić information content (AvgIpc) is 2.91. The number of aliphatic imine (C=N–C) groups is 1. The summed E-state index contributed by atoms with van der Waals surface area (Å²) in [5, 5.41) is 10.6. The monoisotopic (exact) mass is 431 g/mol. The van der Waals surface area contributed by atoms with E-state index in [1.54, 1.807) is 24.7 Å². The van der Waals surface area contributed by atoms with Gasteiger partial charge in [-0.1, -0.05) is 12.1 Å². The van der Waals surface area contributed by atoms with Crippen molar-refractivity contribution >= 4 is 29.9 Å². The molecule has 126 valence electrons. The molecular formula is C16H23FIN5. The first kappa shape index (κ1) is 19.4. The normalized spacial score (nSPS) is 11.0. The lowest BCUT2D eigenvalue weighted by molar-refractivity contribution is 0.617. The van der Waals surface area contributed by atoms with Crippen LogP contribution in [0.1, 0.15) is 16.7 Å². The maximum Gasteiger partial charge on any atom is 0.191 e. The van der Waals surface area contributed by atoms with Crippen LogP contribution in [0.3, 0.4) is 0 Å². The van der Waals surface area contributed by atoms with Gasteiger partial charge in [-0.15, -0.1) is 24.0 Å². The first-order valence-electron chi connectivity index (χ1n) is 7.25. The van der Waals surface area contributed by atoms with Gasteiger partial charge in [0.05, 0.1) is 6.20 Å². The van der Waals surface area contributed by atoms with E-state index in [4.69, 9.17) is 0 Å². The fourth-order valence-corrected chi connectivity index (χ4v) is 2.15. The Morgan fingerprint density at radius 2 is 2.09 bits per heavy atom. The first-order valence-corrected chi connectivity index (χ1v) is 7.25. The number of nitrogens with zero attached hydrogens (tertiary/aromatic N) is 3. The Labute approximate surface area is 153 Å². The molecule has 0 saturated carbocycles. The Kier molecular flexibility index (Phi) is 8.01. The summed E-state index contributed by atoms with van der Waals surface area (Å²) in [6.07, 6.45) is 4.74. The van der Waals surface area contributed by atoms with Crippen molar-refractivity contribution in [3.63, 3.8) is 0 Å². The van der Waals surface area contributed by atoms with Crippen LogP contribution in [0.15, 0.2) is 35.6 Å². The van der Waals surface area contributed by atoms with Gasteiger partial charge in [0.25, 0.3) is 0 Å². The molecule has 5 nitrogen and oxygen atoms in total. The number of guanidine groups is 1. The Hall–Kier alpha value is -1.64. The highest BCUT2D eigenvalue weighted by Gasteiger charge is 2.02. The summed E-state index contributed by atoms with van der Waals surface area (Å²) in [5.74, 6) is 0.550. The zero-order valence-corrected chi connectivity index (χ0v) is 16.0. The smallest absolute Gasteiger partial charge is 0.191 e. The van der Waals surface area contributed by atoms with Crippen molar-refractivity contribution in [2.75, 3.05) is 13.6 Å². The van der Waals surface area contributed by atoms with E-state index in [1.807, 2.05) is 25.5 Å². The number of hydrogen-bond acceptors (Lipinski definition) is 2. The Bertz CT molecular complexity index is 654. The van der Waals surface area contributed by atoms with Gasteiger partial charge in [0, 0.05) is 33.4 Å². The van der Waals surface area contributed by atoms with Gasteiger partial charge >= 0.3 is 0 Å². The third-order valence-electron chi connectivity index (χ3n) is 3.37. The molecule has 2 aromatic rings. The minimum absolute atomic E-state index is 0. The highest BCUT2D eigenvalue weighted by molar-refractivity contribution is 14.0. The number of aromatic nitrogens is 2. The Morgan fingerprint density at radius 3 is 2.70 bits per heavy atom. The van der Waals surface area contributed by atoms with Gasteiger partial charge in [-0.05, 0) is 36.1 Å². The zero-order valence-electron chi connectivity index (χ0n) is 13.6. The second kappa shape index (κ2) is 9.49. The van der Waals surface area contributed by atoms with Crippen molar-refractivity contribution in [1.29, 1.82) is 0 Å². The minimum Gasteiger partial charge on any atom is -0.356 e.